The molecule has 108 valence electrons. The van der Waals surface area contributed by atoms with Crippen molar-refractivity contribution in [2.24, 2.45) is 0 Å². The lowest BCUT2D eigenvalue weighted by molar-refractivity contribution is 0.0211. The van der Waals surface area contributed by atoms with Crippen LogP contribution in [0.1, 0.15) is 41.0 Å². The van der Waals surface area contributed by atoms with Gasteiger partial charge in [-0.3, -0.25) is 0 Å². The average molecular weight is 286 g/mol. The zero-order valence-electron chi connectivity index (χ0n) is 12.4. The highest BCUT2D eigenvalue weighted by atomic mass is 16.3. The molecule has 0 amide bonds. The van der Waals surface area contributed by atoms with Gasteiger partial charge in [-0.05, 0) is 46.7 Å². The van der Waals surface area contributed by atoms with Crippen molar-refractivity contribution in [3.63, 3.8) is 0 Å². The molecule has 0 fully saturated rings. The van der Waals surface area contributed by atoms with Gasteiger partial charge in [-0.1, -0.05) is 60.7 Å². The van der Waals surface area contributed by atoms with Gasteiger partial charge in [0.2, 0.25) is 0 Å². The van der Waals surface area contributed by atoms with Gasteiger partial charge in [-0.2, -0.15) is 0 Å². The molecule has 0 saturated heterocycles. The van der Waals surface area contributed by atoms with Crippen LogP contribution in [0.25, 0.3) is 10.8 Å². The predicted molar refractivity (Wildman–Crippen MR) is 89.1 cm³/mol. The van der Waals surface area contributed by atoms with Crippen LogP contribution in [0.15, 0.2) is 60.7 Å². The fraction of sp³-hybridized carbons (Fsp3) is 0.238. The summed E-state index contributed by atoms with van der Waals surface area (Å²) in [7, 11) is 0. The van der Waals surface area contributed by atoms with Gasteiger partial charge in [-0.25, -0.2) is 0 Å². The molecule has 3 aromatic rings. The molecular weight excluding hydrogens is 268 g/mol. The SMILES string of the molecule is OC12c3ccccc3CCCC1c1ccc3ccccc3c12. The fourth-order valence-corrected chi connectivity index (χ4v) is 4.62. The Bertz CT molecular complexity index is 895. The molecule has 5 rings (SSSR count). The summed E-state index contributed by atoms with van der Waals surface area (Å²) in [5.41, 5.74) is 4.12. The maximum Gasteiger partial charge on any atom is 0.123 e. The molecule has 0 aliphatic heterocycles. The standard InChI is InChI=1S/C21H18O/c22-21-18-10-4-2-7-15(18)8-5-11-19(21)17-13-12-14-6-1-3-9-16(14)20(17)21/h1-4,6-7,9-10,12-13,19,22H,5,8,11H2. The van der Waals surface area contributed by atoms with Gasteiger partial charge in [-0.15, -0.1) is 0 Å². The third-order valence-electron chi connectivity index (χ3n) is 5.59. The quantitative estimate of drug-likeness (QED) is 0.644. The third kappa shape index (κ3) is 1.37. The van der Waals surface area contributed by atoms with Crippen molar-refractivity contribution >= 4 is 10.8 Å². The summed E-state index contributed by atoms with van der Waals surface area (Å²) in [4.78, 5) is 0. The molecule has 0 radical (unpaired) electrons. The monoisotopic (exact) mass is 286 g/mol. The minimum absolute atomic E-state index is 0.246. The van der Waals surface area contributed by atoms with Gasteiger partial charge >= 0.3 is 0 Å². The second kappa shape index (κ2) is 4.21. The Morgan fingerprint density at radius 1 is 0.909 bits per heavy atom. The van der Waals surface area contributed by atoms with E-state index in [-0.39, 0.29) is 5.92 Å². The van der Waals surface area contributed by atoms with E-state index in [4.69, 9.17) is 0 Å². The Hall–Kier alpha value is -2.12. The van der Waals surface area contributed by atoms with Gasteiger partial charge in [0.1, 0.15) is 5.60 Å². The van der Waals surface area contributed by atoms with Crippen molar-refractivity contribution in [3.05, 3.63) is 82.9 Å². The molecule has 1 N–H and O–H groups in total. The Kier molecular flexibility index (Phi) is 2.38. The van der Waals surface area contributed by atoms with Crippen LogP contribution in [-0.2, 0) is 12.0 Å². The van der Waals surface area contributed by atoms with Crippen LogP contribution < -0.4 is 0 Å². The number of hydrogen-bond donors (Lipinski definition) is 1. The summed E-state index contributed by atoms with van der Waals surface area (Å²) < 4.78 is 0. The molecule has 1 heteroatoms. The highest BCUT2D eigenvalue weighted by molar-refractivity contribution is 5.91. The molecule has 22 heavy (non-hydrogen) atoms. The van der Waals surface area contributed by atoms with Crippen LogP contribution in [0.5, 0.6) is 0 Å². The average Bonchev–Trinajstić information content (AvgIpc) is 2.68. The third-order valence-corrected chi connectivity index (χ3v) is 5.59. The van der Waals surface area contributed by atoms with Gasteiger partial charge in [0.25, 0.3) is 0 Å². The minimum atomic E-state index is -0.802. The van der Waals surface area contributed by atoms with Crippen LogP contribution in [0, 0.1) is 0 Å². The first kappa shape index (κ1) is 12.4. The van der Waals surface area contributed by atoms with Crippen molar-refractivity contribution in [2.45, 2.75) is 30.8 Å². The van der Waals surface area contributed by atoms with Crippen LogP contribution in [0.3, 0.4) is 0 Å². The molecule has 0 spiro atoms. The first-order valence-corrected chi connectivity index (χ1v) is 8.13. The van der Waals surface area contributed by atoms with E-state index in [1.165, 1.54) is 21.9 Å². The lowest BCUT2D eigenvalue weighted by Crippen LogP contribution is -2.44. The van der Waals surface area contributed by atoms with Gasteiger partial charge in [0.05, 0.1) is 0 Å². The predicted octanol–water partition coefficient (Wildman–Crippen LogP) is 4.51. The lowest BCUT2D eigenvalue weighted by Gasteiger charge is -2.48. The molecule has 0 saturated carbocycles. The highest BCUT2D eigenvalue weighted by Gasteiger charge is 2.53. The summed E-state index contributed by atoms with van der Waals surface area (Å²) in [6.45, 7) is 0. The molecule has 3 aromatic carbocycles. The van der Waals surface area contributed by atoms with Crippen molar-refractivity contribution < 1.29 is 5.11 Å². The van der Waals surface area contributed by atoms with Crippen molar-refractivity contribution in [3.8, 4) is 0 Å². The summed E-state index contributed by atoms with van der Waals surface area (Å²) in [6.07, 6.45) is 3.29. The number of benzene rings is 3. The normalized spacial score (nSPS) is 25.6. The molecule has 2 atom stereocenters. The number of aliphatic hydroxyl groups is 1. The van der Waals surface area contributed by atoms with Crippen molar-refractivity contribution in [1.29, 1.82) is 0 Å². The maximum absolute atomic E-state index is 11.7. The summed E-state index contributed by atoms with van der Waals surface area (Å²) >= 11 is 0. The van der Waals surface area contributed by atoms with Gasteiger partial charge in [0, 0.05) is 11.5 Å². The Morgan fingerprint density at radius 3 is 2.68 bits per heavy atom. The van der Waals surface area contributed by atoms with Crippen molar-refractivity contribution in [1.82, 2.24) is 0 Å². The van der Waals surface area contributed by atoms with Crippen LogP contribution in [0.4, 0.5) is 0 Å². The minimum Gasteiger partial charge on any atom is -0.380 e. The largest absolute Gasteiger partial charge is 0.380 e. The highest BCUT2D eigenvalue weighted by Crippen LogP contribution is 2.59. The Labute approximate surface area is 130 Å². The molecule has 2 aliphatic carbocycles. The van der Waals surface area contributed by atoms with Crippen LogP contribution in [-0.4, -0.2) is 5.11 Å². The van der Waals surface area contributed by atoms with E-state index >= 15 is 0 Å². The topological polar surface area (TPSA) is 20.2 Å². The van der Waals surface area contributed by atoms with Crippen LogP contribution in [0.2, 0.25) is 0 Å². The molecule has 0 heterocycles. The molecule has 2 aliphatic rings. The molecule has 2 unspecified atom stereocenters. The Balaban J connectivity index is 1.87. The summed E-state index contributed by atoms with van der Waals surface area (Å²) in [6, 6.07) is 21.3. The second-order valence-corrected chi connectivity index (χ2v) is 6.62. The molecule has 0 bridgehead atoms. The van der Waals surface area contributed by atoms with E-state index in [9.17, 15) is 5.11 Å². The van der Waals surface area contributed by atoms with E-state index in [0.717, 1.165) is 30.4 Å². The smallest absolute Gasteiger partial charge is 0.123 e. The van der Waals surface area contributed by atoms with Gasteiger partial charge < -0.3 is 5.11 Å². The van der Waals surface area contributed by atoms with E-state index < -0.39 is 5.60 Å². The van der Waals surface area contributed by atoms with E-state index in [1.54, 1.807) is 0 Å². The number of fused-ring (bicyclic) bond motifs is 8. The molecular formula is C21H18O. The zero-order valence-corrected chi connectivity index (χ0v) is 12.4. The number of hydrogen-bond acceptors (Lipinski definition) is 1. The van der Waals surface area contributed by atoms with E-state index in [0.29, 0.717) is 0 Å². The summed E-state index contributed by atoms with van der Waals surface area (Å²) in [5.74, 6) is 0.246. The van der Waals surface area contributed by atoms with Gasteiger partial charge in [0.15, 0.2) is 0 Å². The summed E-state index contributed by atoms with van der Waals surface area (Å²) in [5, 5.41) is 14.1. The number of aryl methyl sites for hydroxylation is 1. The maximum atomic E-state index is 11.7. The first-order chi connectivity index (χ1) is 10.8. The Morgan fingerprint density at radius 2 is 1.73 bits per heavy atom. The fourth-order valence-electron chi connectivity index (χ4n) is 4.62. The van der Waals surface area contributed by atoms with E-state index in [1.807, 2.05) is 0 Å². The lowest BCUT2D eigenvalue weighted by atomic mass is 9.59. The van der Waals surface area contributed by atoms with Crippen LogP contribution >= 0.6 is 0 Å². The molecule has 1 nitrogen and oxygen atoms in total. The second-order valence-electron chi connectivity index (χ2n) is 6.62. The first-order valence-electron chi connectivity index (χ1n) is 8.13. The number of rotatable bonds is 0. The molecule has 0 aromatic heterocycles. The van der Waals surface area contributed by atoms with Crippen molar-refractivity contribution in [2.75, 3.05) is 0 Å². The van der Waals surface area contributed by atoms with E-state index in [2.05, 4.69) is 60.7 Å². The zero-order chi connectivity index (χ0) is 14.7.